The Bertz CT molecular complexity index is 620. The van der Waals surface area contributed by atoms with Crippen molar-refractivity contribution in [3.63, 3.8) is 0 Å². The SMILES string of the molecule is CNC(=S)N1CCn2cccc2[C@@H]1c1ccc(F)cc1. The number of hydrogen-bond acceptors (Lipinski definition) is 1. The highest BCUT2D eigenvalue weighted by Gasteiger charge is 2.29. The van der Waals surface area contributed by atoms with Gasteiger partial charge < -0.3 is 14.8 Å². The van der Waals surface area contributed by atoms with Crippen molar-refractivity contribution in [1.29, 1.82) is 0 Å². The van der Waals surface area contributed by atoms with Crippen LogP contribution in [-0.2, 0) is 6.54 Å². The summed E-state index contributed by atoms with van der Waals surface area (Å²) in [6.45, 7) is 1.74. The topological polar surface area (TPSA) is 20.2 Å². The molecule has 0 amide bonds. The van der Waals surface area contributed by atoms with Crippen LogP contribution < -0.4 is 5.32 Å². The van der Waals surface area contributed by atoms with Crippen molar-refractivity contribution in [1.82, 2.24) is 14.8 Å². The molecule has 0 saturated carbocycles. The van der Waals surface area contributed by atoms with Gasteiger partial charge in [0.25, 0.3) is 0 Å². The van der Waals surface area contributed by atoms with Crippen LogP contribution in [0.1, 0.15) is 17.3 Å². The molecule has 1 N–H and O–H groups in total. The van der Waals surface area contributed by atoms with E-state index in [1.807, 2.05) is 25.2 Å². The van der Waals surface area contributed by atoms with Crippen LogP contribution in [-0.4, -0.2) is 28.2 Å². The minimum Gasteiger partial charge on any atom is -0.366 e. The van der Waals surface area contributed by atoms with Crippen LogP contribution in [0.5, 0.6) is 0 Å². The first-order chi connectivity index (χ1) is 9.70. The Morgan fingerprint density at radius 2 is 2.00 bits per heavy atom. The summed E-state index contributed by atoms with van der Waals surface area (Å²) in [4.78, 5) is 2.15. The minimum atomic E-state index is -0.220. The van der Waals surface area contributed by atoms with Gasteiger partial charge in [-0.25, -0.2) is 4.39 Å². The smallest absolute Gasteiger partial charge is 0.169 e. The molecule has 1 aliphatic rings. The maximum atomic E-state index is 13.2. The molecular weight excluding hydrogens is 273 g/mol. The molecule has 0 bridgehead atoms. The maximum absolute atomic E-state index is 13.2. The highest BCUT2D eigenvalue weighted by atomic mass is 32.1. The monoisotopic (exact) mass is 289 g/mol. The molecule has 1 atom stereocenters. The van der Waals surface area contributed by atoms with Crippen molar-refractivity contribution in [2.75, 3.05) is 13.6 Å². The Morgan fingerprint density at radius 3 is 2.70 bits per heavy atom. The van der Waals surface area contributed by atoms with Gasteiger partial charge in [0.15, 0.2) is 5.11 Å². The second-order valence-electron chi connectivity index (χ2n) is 4.83. The Kier molecular flexibility index (Phi) is 3.44. The fourth-order valence-corrected chi connectivity index (χ4v) is 2.94. The molecule has 3 rings (SSSR count). The van der Waals surface area contributed by atoms with E-state index in [9.17, 15) is 4.39 Å². The molecule has 3 nitrogen and oxygen atoms in total. The first-order valence-corrected chi connectivity index (χ1v) is 7.00. The van der Waals surface area contributed by atoms with Crippen LogP contribution in [0.25, 0.3) is 0 Å². The summed E-state index contributed by atoms with van der Waals surface area (Å²) in [6, 6.07) is 10.8. The Hall–Kier alpha value is -1.88. The zero-order valence-corrected chi connectivity index (χ0v) is 12.0. The van der Waals surface area contributed by atoms with E-state index in [1.54, 1.807) is 0 Å². The lowest BCUT2D eigenvalue weighted by molar-refractivity contribution is 0.287. The Labute approximate surface area is 123 Å². The second kappa shape index (κ2) is 5.25. The molecule has 1 aromatic carbocycles. The Morgan fingerprint density at radius 1 is 1.25 bits per heavy atom. The van der Waals surface area contributed by atoms with Gasteiger partial charge in [0.2, 0.25) is 0 Å². The lowest BCUT2D eigenvalue weighted by Gasteiger charge is -2.38. The molecule has 0 spiro atoms. The van der Waals surface area contributed by atoms with Crippen molar-refractivity contribution in [2.24, 2.45) is 0 Å². The van der Waals surface area contributed by atoms with Gasteiger partial charge in [-0.3, -0.25) is 0 Å². The molecule has 0 radical (unpaired) electrons. The molecule has 0 saturated heterocycles. The molecule has 1 aliphatic heterocycles. The highest BCUT2D eigenvalue weighted by molar-refractivity contribution is 7.80. The number of nitrogens with zero attached hydrogens (tertiary/aromatic N) is 2. The van der Waals surface area contributed by atoms with Gasteiger partial charge in [0.05, 0.1) is 6.04 Å². The first kappa shape index (κ1) is 13.1. The predicted molar refractivity (Wildman–Crippen MR) is 81.0 cm³/mol. The van der Waals surface area contributed by atoms with Crippen molar-refractivity contribution in [2.45, 2.75) is 12.6 Å². The third kappa shape index (κ3) is 2.18. The van der Waals surface area contributed by atoms with E-state index in [-0.39, 0.29) is 11.9 Å². The summed E-state index contributed by atoms with van der Waals surface area (Å²) in [5.41, 5.74) is 2.23. The largest absolute Gasteiger partial charge is 0.366 e. The number of fused-ring (bicyclic) bond motifs is 1. The average Bonchev–Trinajstić information content (AvgIpc) is 2.95. The van der Waals surface area contributed by atoms with Crippen molar-refractivity contribution >= 4 is 17.3 Å². The van der Waals surface area contributed by atoms with Crippen LogP contribution in [0.3, 0.4) is 0 Å². The third-order valence-corrected chi connectivity index (χ3v) is 4.14. The van der Waals surface area contributed by atoms with Gasteiger partial charge in [0, 0.05) is 32.0 Å². The molecule has 0 fully saturated rings. The van der Waals surface area contributed by atoms with Gasteiger partial charge in [0.1, 0.15) is 5.82 Å². The molecular formula is C15H16FN3S. The molecule has 1 aromatic heterocycles. The van der Waals surface area contributed by atoms with Gasteiger partial charge in [-0.15, -0.1) is 0 Å². The van der Waals surface area contributed by atoms with Crippen molar-refractivity contribution in [3.8, 4) is 0 Å². The average molecular weight is 289 g/mol. The standard InChI is InChI=1S/C15H16FN3S/c1-17-15(20)19-10-9-18-8-2-3-13(18)14(19)11-4-6-12(16)7-5-11/h2-8,14H,9-10H2,1H3,(H,17,20)/t14-/m0/s1. The zero-order chi connectivity index (χ0) is 14.1. The highest BCUT2D eigenvalue weighted by Crippen LogP contribution is 2.32. The molecule has 2 heterocycles. The molecule has 104 valence electrons. The molecule has 5 heteroatoms. The van der Waals surface area contributed by atoms with Crippen LogP contribution in [0.15, 0.2) is 42.6 Å². The van der Waals surface area contributed by atoms with Crippen LogP contribution in [0.4, 0.5) is 4.39 Å². The molecule has 20 heavy (non-hydrogen) atoms. The summed E-state index contributed by atoms with van der Waals surface area (Å²) in [7, 11) is 1.83. The van der Waals surface area contributed by atoms with E-state index in [0.29, 0.717) is 5.11 Å². The van der Waals surface area contributed by atoms with Crippen molar-refractivity contribution < 1.29 is 4.39 Å². The summed E-state index contributed by atoms with van der Waals surface area (Å²) in [6.07, 6.45) is 2.08. The van der Waals surface area contributed by atoms with E-state index in [4.69, 9.17) is 12.2 Å². The van der Waals surface area contributed by atoms with E-state index in [0.717, 1.165) is 18.7 Å². The van der Waals surface area contributed by atoms with Gasteiger partial charge >= 0.3 is 0 Å². The maximum Gasteiger partial charge on any atom is 0.169 e. The first-order valence-electron chi connectivity index (χ1n) is 6.59. The summed E-state index contributed by atoms with van der Waals surface area (Å²) < 4.78 is 15.4. The normalized spacial score (nSPS) is 17.7. The summed E-state index contributed by atoms with van der Waals surface area (Å²) >= 11 is 5.41. The lowest BCUT2D eigenvalue weighted by Crippen LogP contribution is -2.46. The van der Waals surface area contributed by atoms with E-state index in [1.165, 1.54) is 17.8 Å². The number of thiocarbonyl (C=S) groups is 1. The summed E-state index contributed by atoms with van der Waals surface area (Å²) in [5, 5.41) is 3.76. The van der Waals surface area contributed by atoms with Crippen LogP contribution in [0.2, 0.25) is 0 Å². The van der Waals surface area contributed by atoms with E-state index in [2.05, 4.69) is 27.0 Å². The number of nitrogens with one attached hydrogen (secondary N) is 1. The fraction of sp³-hybridized carbons (Fsp3) is 0.267. The van der Waals surface area contributed by atoms with E-state index < -0.39 is 0 Å². The molecule has 2 aromatic rings. The summed E-state index contributed by atoms with van der Waals surface area (Å²) in [5.74, 6) is -0.220. The molecule has 0 aliphatic carbocycles. The number of rotatable bonds is 1. The number of hydrogen-bond donors (Lipinski definition) is 1. The quantitative estimate of drug-likeness (QED) is 0.815. The predicted octanol–water partition coefficient (Wildman–Crippen LogP) is 2.54. The number of halogens is 1. The minimum absolute atomic E-state index is 0.0271. The number of benzene rings is 1. The number of aromatic nitrogens is 1. The second-order valence-corrected chi connectivity index (χ2v) is 5.22. The fourth-order valence-electron chi connectivity index (χ4n) is 2.74. The van der Waals surface area contributed by atoms with Gasteiger partial charge in [-0.2, -0.15) is 0 Å². The van der Waals surface area contributed by atoms with E-state index >= 15 is 0 Å². The third-order valence-electron chi connectivity index (χ3n) is 3.70. The van der Waals surface area contributed by atoms with Gasteiger partial charge in [-0.05, 0) is 42.0 Å². The van der Waals surface area contributed by atoms with Gasteiger partial charge in [-0.1, -0.05) is 12.1 Å². The zero-order valence-electron chi connectivity index (χ0n) is 11.2. The lowest BCUT2D eigenvalue weighted by atomic mass is 10.0. The van der Waals surface area contributed by atoms with Crippen molar-refractivity contribution in [3.05, 3.63) is 59.7 Å². The van der Waals surface area contributed by atoms with Crippen LogP contribution in [0, 0.1) is 5.82 Å². The molecule has 0 unspecified atom stereocenters. The van der Waals surface area contributed by atoms with Crippen LogP contribution >= 0.6 is 12.2 Å². The Balaban J connectivity index is 2.06.